The van der Waals surface area contributed by atoms with Crippen molar-refractivity contribution in [3.63, 3.8) is 0 Å². The predicted molar refractivity (Wildman–Crippen MR) is 224 cm³/mol. The van der Waals surface area contributed by atoms with Crippen molar-refractivity contribution in [1.29, 1.82) is 0 Å². The molecular weight excluding hydrogens is 784 g/mol. The third-order valence-electron chi connectivity index (χ3n) is 11.9. The van der Waals surface area contributed by atoms with E-state index in [-0.39, 0.29) is 49.5 Å². The number of aryl methyl sites for hydroxylation is 1. The highest BCUT2D eigenvalue weighted by molar-refractivity contribution is 6.00. The van der Waals surface area contributed by atoms with Gasteiger partial charge in [-0.3, -0.25) is 28.8 Å². The number of nitrogens with one attached hydrogen (secondary N) is 3. The fraction of sp³-hybridized carbons (Fsp3) is 0.386. The Morgan fingerprint density at radius 2 is 1.92 bits per heavy atom. The number of amides is 3. The summed E-state index contributed by atoms with van der Waals surface area (Å²) < 4.78 is 30.0. The number of pyridine rings is 1. The van der Waals surface area contributed by atoms with Gasteiger partial charge < -0.3 is 29.9 Å². The molecule has 2 aromatic carbocycles. The molecule has 16 nitrogen and oxygen atoms in total. The number of ether oxygens (including phenoxy) is 2. The van der Waals surface area contributed by atoms with E-state index >= 15 is 4.39 Å². The number of benzene rings is 2. The molecule has 7 heterocycles. The molecule has 0 saturated carbocycles. The van der Waals surface area contributed by atoms with E-state index in [1.807, 2.05) is 18.5 Å². The van der Waals surface area contributed by atoms with Gasteiger partial charge in [-0.25, -0.2) is 24.1 Å². The number of fused-ring (bicyclic) bond motifs is 3. The summed E-state index contributed by atoms with van der Waals surface area (Å²) in [5.41, 5.74) is 7.19. The van der Waals surface area contributed by atoms with Crippen LogP contribution in [0.1, 0.15) is 59.7 Å². The van der Waals surface area contributed by atoms with Crippen LogP contribution in [0.5, 0.6) is 5.88 Å². The summed E-state index contributed by atoms with van der Waals surface area (Å²) in [7, 11) is 1.63. The smallest absolute Gasteiger partial charge is 0.329 e. The van der Waals surface area contributed by atoms with Crippen LogP contribution in [-0.2, 0) is 45.6 Å². The quantitative estimate of drug-likeness (QED) is 0.153. The minimum Gasteiger partial charge on any atom is -0.474 e. The Balaban J connectivity index is 0.764. The molecule has 2 saturated heterocycles. The number of nitrogens with zero attached hydrogens (tertiary/aromatic N) is 7. The van der Waals surface area contributed by atoms with Crippen molar-refractivity contribution in [2.75, 3.05) is 54.9 Å². The minimum absolute atomic E-state index is 0.0633. The summed E-state index contributed by atoms with van der Waals surface area (Å²) in [5, 5.41) is 8.86. The van der Waals surface area contributed by atoms with E-state index < -0.39 is 17.8 Å². The Labute approximate surface area is 350 Å². The molecule has 4 aliphatic heterocycles. The van der Waals surface area contributed by atoms with E-state index in [0.29, 0.717) is 78.8 Å². The number of halogens is 1. The van der Waals surface area contributed by atoms with Crippen LogP contribution in [0, 0.1) is 24.6 Å². The summed E-state index contributed by atoms with van der Waals surface area (Å²) in [5.74, 6) is 5.66. The Morgan fingerprint density at radius 3 is 2.74 bits per heavy atom. The maximum atomic E-state index is 15.4. The topological polar surface area (TPSA) is 178 Å². The lowest BCUT2D eigenvalue weighted by atomic mass is 10.0. The number of likely N-dealkylation sites (tertiary alicyclic amines) is 1. The van der Waals surface area contributed by atoms with E-state index in [1.54, 1.807) is 36.2 Å². The molecule has 17 heteroatoms. The Hall–Kier alpha value is -6.80. The molecule has 314 valence electrons. The highest BCUT2D eigenvalue weighted by atomic mass is 19.1. The van der Waals surface area contributed by atoms with Gasteiger partial charge in [-0.05, 0) is 68.0 Å². The van der Waals surface area contributed by atoms with Crippen LogP contribution in [-0.4, -0.2) is 92.2 Å². The second kappa shape index (κ2) is 16.7. The molecule has 5 aromatic rings. The first-order chi connectivity index (χ1) is 29.6. The molecule has 9 rings (SSSR count). The molecular formula is C44H45FN10O6. The number of anilines is 4. The maximum Gasteiger partial charge on any atom is 0.329 e. The van der Waals surface area contributed by atoms with E-state index in [4.69, 9.17) is 14.5 Å². The Kier molecular flexibility index (Phi) is 10.8. The van der Waals surface area contributed by atoms with Crippen LogP contribution in [0.15, 0.2) is 53.6 Å². The van der Waals surface area contributed by atoms with Gasteiger partial charge in [0.25, 0.3) is 0 Å². The van der Waals surface area contributed by atoms with Crippen LogP contribution < -0.4 is 31.3 Å². The molecule has 61 heavy (non-hydrogen) atoms. The molecule has 1 unspecified atom stereocenters. The van der Waals surface area contributed by atoms with Crippen molar-refractivity contribution in [2.45, 2.75) is 64.1 Å². The molecule has 3 N–H and O–H groups in total. The van der Waals surface area contributed by atoms with Crippen molar-refractivity contribution >= 4 is 51.8 Å². The number of carbonyl (C=O) groups is 3. The SMILES string of the molecule is Cc1c(N2CCc3cnc(Nc4ccc(CC(=O)N5CCC(OCC#Cc6cccc7c6n(C)c(=O)n7C6CCC(=O)NC6=O)CC5)c(F)c4)nc3C2)cnc2c1NCCO2. The molecule has 1 atom stereocenters. The highest BCUT2D eigenvalue weighted by Gasteiger charge is 2.32. The van der Waals surface area contributed by atoms with Crippen LogP contribution >= 0.6 is 0 Å². The van der Waals surface area contributed by atoms with Gasteiger partial charge in [-0.15, -0.1) is 0 Å². The van der Waals surface area contributed by atoms with Crippen molar-refractivity contribution in [2.24, 2.45) is 7.05 Å². The van der Waals surface area contributed by atoms with Crippen LogP contribution in [0.25, 0.3) is 11.0 Å². The molecule has 0 bridgehead atoms. The monoisotopic (exact) mass is 828 g/mol. The number of hydrogen-bond donors (Lipinski definition) is 3. The minimum atomic E-state index is -0.779. The second-order valence-corrected chi connectivity index (χ2v) is 15.7. The van der Waals surface area contributed by atoms with Crippen molar-refractivity contribution < 1.29 is 28.2 Å². The van der Waals surface area contributed by atoms with Gasteiger partial charge in [0, 0.05) is 57.1 Å². The fourth-order valence-electron chi connectivity index (χ4n) is 8.60. The van der Waals surface area contributed by atoms with Crippen molar-refractivity contribution in [3.8, 4) is 17.7 Å². The van der Waals surface area contributed by atoms with E-state index in [0.717, 1.165) is 47.7 Å². The van der Waals surface area contributed by atoms with Gasteiger partial charge in [0.15, 0.2) is 0 Å². The van der Waals surface area contributed by atoms with E-state index in [9.17, 15) is 19.2 Å². The lowest BCUT2D eigenvalue weighted by molar-refractivity contribution is -0.136. The normalized spacial score (nSPS) is 17.7. The number of hydrogen-bond acceptors (Lipinski definition) is 12. The molecule has 0 aliphatic carbocycles. The maximum absolute atomic E-state index is 15.4. The van der Waals surface area contributed by atoms with Gasteiger partial charge in [0.2, 0.25) is 29.5 Å². The first kappa shape index (κ1) is 39.6. The van der Waals surface area contributed by atoms with Gasteiger partial charge in [0.1, 0.15) is 30.8 Å². The van der Waals surface area contributed by atoms with Crippen molar-refractivity contribution in [1.82, 2.24) is 34.3 Å². The number of aromatic nitrogens is 5. The molecule has 0 radical (unpaired) electrons. The summed E-state index contributed by atoms with van der Waals surface area (Å²) in [6, 6.07) is 9.29. The number of imide groups is 1. The summed E-state index contributed by atoms with van der Waals surface area (Å²) in [6.45, 7) is 5.88. The predicted octanol–water partition coefficient (Wildman–Crippen LogP) is 3.66. The zero-order valence-electron chi connectivity index (χ0n) is 33.9. The number of piperidine rings is 2. The summed E-state index contributed by atoms with van der Waals surface area (Å²) in [4.78, 5) is 68.5. The molecule has 2 fully saturated rings. The average Bonchev–Trinajstić information content (AvgIpc) is 3.52. The highest BCUT2D eigenvalue weighted by Crippen LogP contribution is 2.36. The molecule has 0 spiro atoms. The lowest BCUT2D eigenvalue weighted by Crippen LogP contribution is -2.44. The van der Waals surface area contributed by atoms with Crippen LogP contribution in [0.4, 0.5) is 27.4 Å². The fourth-order valence-corrected chi connectivity index (χ4v) is 8.60. The van der Waals surface area contributed by atoms with Gasteiger partial charge in [-0.2, -0.15) is 0 Å². The zero-order chi connectivity index (χ0) is 42.2. The Morgan fingerprint density at radius 1 is 1.07 bits per heavy atom. The van der Waals surface area contributed by atoms with Crippen molar-refractivity contribution in [3.05, 3.63) is 93.0 Å². The summed E-state index contributed by atoms with van der Waals surface area (Å²) >= 11 is 0. The molecule has 3 amide bonds. The standard InChI is InChI=1S/C44H45FN10O6/c1-26-36(24-47-42-39(26)46-15-20-61-42)54-16-12-29-23-48-43(50-33(29)25-54)49-30-9-8-28(32(45)22-30)21-38(57)53-17-13-31(14-18-53)60-19-4-6-27-5-3-7-34-40(27)52(2)44(59)55(34)35-10-11-37(56)51-41(35)58/h3,5,7-9,22-24,31,35,46H,10-21,25H2,1-2H3,(H,48,49,50)(H,51,56,58). The first-order valence-corrected chi connectivity index (χ1v) is 20.5. The molecule has 4 aliphatic rings. The largest absolute Gasteiger partial charge is 0.474 e. The van der Waals surface area contributed by atoms with Gasteiger partial charge in [-0.1, -0.05) is 24.0 Å². The van der Waals surface area contributed by atoms with Gasteiger partial charge >= 0.3 is 5.69 Å². The number of imidazole rings is 1. The van der Waals surface area contributed by atoms with E-state index in [2.05, 4.69) is 49.6 Å². The molecule has 3 aromatic heterocycles. The third kappa shape index (κ3) is 7.98. The second-order valence-electron chi connectivity index (χ2n) is 15.7. The van der Waals surface area contributed by atoms with Crippen LogP contribution in [0.3, 0.4) is 0 Å². The van der Waals surface area contributed by atoms with E-state index in [1.165, 1.54) is 15.2 Å². The number of rotatable bonds is 8. The lowest BCUT2D eigenvalue weighted by Gasteiger charge is -2.32. The number of carbonyl (C=O) groups excluding carboxylic acids is 3. The number of para-hydroxylation sites is 1. The average molecular weight is 829 g/mol. The van der Waals surface area contributed by atoms with Gasteiger partial charge in [0.05, 0.1) is 53.2 Å². The zero-order valence-corrected chi connectivity index (χ0v) is 33.9. The van der Waals surface area contributed by atoms with Crippen LogP contribution in [0.2, 0.25) is 0 Å². The third-order valence-corrected chi connectivity index (χ3v) is 11.9. The first-order valence-electron chi connectivity index (χ1n) is 20.5. The summed E-state index contributed by atoms with van der Waals surface area (Å²) in [6.07, 6.45) is 5.93. The Bertz CT molecular complexity index is 2690.